The maximum Gasteiger partial charge on any atom is 0.0897 e. The molecule has 4 heteroatoms. The zero-order valence-corrected chi connectivity index (χ0v) is 13.3. The summed E-state index contributed by atoms with van der Waals surface area (Å²) < 4.78 is 5.42. The van der Waals surface area contributed by atoms with Gasteiger partial charge in [-0.05, 0) is 17.4 Å². The number of hydrogen-bond acceptors (Lipinski definition) is 4. The maximum atomic E-state index is 9.80. The van der Waals surface area contributed by atoms with Gasteiger partial charge in [-0.1, -0.05) is 33.8 Å². The van der Waals surface area contributed by atoms with Crippen molar-refractivity contribution >= 4 is 11.3 Å². The largest absolute Gasteiger partial charge is 0.389 e. The fraction of sp³-hybridized carbons (Fsp3) is 0.733. The Bertz CT molecular complexity index is 336. The van der Waals surface area contributed by atoms with Crippen LogP contribution < -0.4 is 5.32 Å². The van der Waals surface area contributed by atoms with Crippen molar-refractivity contribution in [1.82, 2.24) is 5.32 Å². The van der Waals surface area contributed by atoms with E-state index in [1.807, 2.05) is 0 Å². The smallest absolute Gasteiger partial charge is 0.0897 e. The second kappa shape index (κ2) is 8.00. The zero-order valence-electron chi connectivity index (χ0n) is 12.5. The predicted octanol–water partition coefficient (Wildman–Crippen LogP) is 2.65. The molecule has 0 fully saturated rings. The number of aliphatic hydroxyl groups is 1. The molecule has 2 N–H and O–H groups in total. The molecule has 1 unspecified atom stereocenters. The normalized spacial score (nSPS) is 14.0. The third-order valence-electron chi connectivity index (χ3n) is 2.90. The summed E-state index contributed by atoms with van der Waals surface area (Å²) in [4.78, 5) is 1.37. The van der Waals surface area contributed by atoms with E-state index >= 15 is 0 Å². The van der Waals surface area contributed by atoms with Gasteiger partial charge in [0.25, 0.3) is 0 Å². The van der Waals surface area contributed by atoms with Crippen molar-refractivity contribution in [3.63, 3.8) is 0 Å². The maximum absolute atomic E-state index is 9.80. The Morgan fingerprint density at radius 1 is 1.37 bits per heavy atom. The van der Waals surface area contributed by atoms with E-state index in [9.17, 15) is 5.11 Å². The molecule has 19 heavy (non-hydrogen) atoms. The van der Waals surface area contributed by atoms with Gasteiger partial charge in [-0.2, -0.15) is 0 Å². The van der Waals surface area contributed by atoms with Crippen molar-refractivity contribution in [3.05, 3.63) is 22.4 Å². The van der Waals surface area contributed by atoms with E-state index in [2.05, 4.69) is 50.5 Å². The van der Waals surface area contributed by atoms with Crippen LogP contribution in [-0.4, -0.2) is 37.5 Å². The average Bonchev–Trinajstić information content (AvgIpc) is 2.82. The van der Waals surface area contributed by atoms with Gasteiger partial charge in [0.2, 0.25) is 0 Å². The summed E-state index contributed by atoms with van der Waals surface area (Å²) >= 11 is 1.78. The standard InChI is InChI=1S/C15H27NO2S/c1-12(2)9-18-10-13(17)8-16-11-15(3,4)14-6-5-7-19-14/h5-7,12-13,16-17H,8-11H2,1-4H3. The lowest BCUT2D eigenvalue weighted by atomic mass is 9.91. The first-order chi connectivity index (χ1) is 8.92. The number of thiophene rings is 1. The molecule has 1 aromatic heterocycles. The van der Waals surface area contributed by atoms with Crippen molar-refractivity contribution in [3.8, 4) is 0 Å². The van der Waals surface area contributed by atoms with Crippen LogP contribution in [0.1, 0.15) is 32.6 Å². The van der Waals surface area contributed by atoms with E-state index in [1.165, 1.54) is 4.88 Å². The minimum absolute atomic E-state index is 0.104. The van der Waals surface area contributed by atoms with E-state index in [1.54, 1.807) is 11.3 Å². The molecular weight excluding hydrogens is 258 g/mol. The summed E-state index contributed by atoms with van der Waals surface area (Å²) in [7, 11) is 0. The monoisotopic (exact) mass is 285 g/mol. The highest BCUT2D eigenvalue weighted by atomic mass is 32.1. The topological polar surface area (TPSA) is 41.5 Å². The van der Waals surface area contributed by atoms with Gasteiger partial charge in [0.05, 0.1) is 12.7 Å². The highest BCUT2D eigenvalue weighted by Gasteiger charge is 2.21. The van der Waals surface area contributed by atoms with Gasteiger partial charge in [-0.15, -0.1) is 11.3 Å². The number of hydrogen-bond donors (Lipinski definition) is 2. The van der Waals surface area contributed by atoms with Crippen molar-refractivity contribution in [2.24, 2.45) is 5.92 Å². The molecule has 0 amide bonds. The second-order valence-electron chi connectivity index (χ2n) is 6.08. The van der Waals surface area contributed by atoms with Gasteiger partial charge in [0.1, 0.15) is 0 Å². The third kappa shape index (κ3) is 6.52. The summed E-state index contributed by atoms with van der Waals surface area (Å²) in [5.41, 5.74) is 0.104. The number of ether oxygens (including phenoxy) is 1. The first-order valence-corrected chi connectivity index (χ1v) is 7.80. The van der Waals surface area contributed by atoms with E-state index in [-0.39, 0.29) is 5.41 Å². The molecule has 110 valence electrons. The Kier molecular flexibility index (Phi) is 7.00. The Labute approximate surface area is 121 Å². The average molecular weight is 285 g/mol. The molecule has 1 rings (SSSR count). The molecule has 0 aliphatic rings. The van der Waals surface area contributed by atoms with Crippen LogP contribution in [-0.2, 0) is 10.2 Å². The lowest BCUT2D eigenvalue weighted by Gasteiger charge is -2.24. The fourth-order valence-electron chi connectivity index (χ4n) is 1.80. The minimum Gasteiger partial charge on any atom is -0.389 e. The molecule has 1 atom stereocenters. The molecule has 0 saturated heterocycles. The van der Waals surface area contributed by atoms with E-state index in [0.717, 1.165) is 6.54 Å². The molecule has 0 bridgehead atoms. The summed E-state index contributed by atoms with van der Waals surface area (Å²) in [5.74, 6) is 0.512. The van der Waals surface area contributed by atoms with Gasteiger partial charge in [-0.3, -0.25) is 0 Å². The van der Waals surface area contributed by atoms with Gasteiger partial charge in [0.15, 0.2) is 0 Å². The minimum atomic E-state index is -0.433. The molecule has 0 radical (unpaired) electrons. The molecular formula is C15H27NO2S. The Hall–Kier alpha value is -0.420. The van der Waals surface area contributed by atoms with Gasteiger partial charge < -0.3 is 15.2 Å². The highest BCUT2D eigenvalue weighted by molar-refractivity contribution is 7.10. The second-order valence-corrected chi connectivity index (χ2v) is 7.02. The fourth-order valence-corrected chi connectivity index (χ4v) is 2.65. The first-order valence-electron chi connectivity index (χ1n) is 6.92. The van der Waals surface area contributed by atoms with Crippen LogP contribution in [0.4, 0.5) is 0 Å². The zero-order chi connectivity index (χ0) is 14.3. The number of aliphatic hydroxyl groups excluding tert-OH is 1. The van der Waals surface area contributed by atoms with Crippen LogP contribution in [0.15, 0.2) is 17.5 Å². The van der Waals surface area contributed by atoms with Crippen LogP contribution >= 0.6 is 11.3 Å². The lowest BCUT2D eigenvalue weighted by Crippen LogP contribution is -2.38. The highest BCUT2D eigenvalue weighted by Crippen LogP contribution is 2.26. The van der Waals surface area contributed by atoms with Gasteiger partial charge in [-0.25, -0.2) is 0 Å². The SMILES string of the molecule is CC(C)COCC(O)CNCC(C)(C)c1cccs1. The Morgan fingerprint density at radius 2 is 2.11 bits per heavy atom. The summed E-state index contributed by atoms with van der Waals surface area (Å²) in [6, 6.07) is 4.24. The van der Waals surface area contributed by atoms with Crippen molar-refractivity contribution in [2.45, 2.75) is 39.2 Å². The van der Waals surface area contributed by atoms with Crippen molar-refractivity contribution in [2.75, 3.05) is 26.3 Å². The van der Waals surface area contributed by atoms with E-state index in [4.69, 9.17) is 4.74 Å². The van der Waals surface area contributed by atoms with E-state index in [0.29, 0.717) is 25.7 Å². The molecule has 0 aliphatic heterocycles. The summed E-state index contributed by atoms with van der Waals surface area (Å²) in [6.45, 7) is 11.2. The molecule has 1 heterocycles. The number of rotatable bonds is 9. The van der Waals surface area contributed by atoms with Gasteiger partial charge in [0, 0.05) is 30.0 Å². The van der Waals surface area contributed by atoms with Gasteiger partial charge >= 0.3 is 0 Å². The van der Waals surface area contributed by atoms with Crippen LogP contribution in [0.3, 0.4) is 0 Å². The predicted molar refractivity (Wildman–Crippen MR) is 81.9 cm³/mol. The van der Waals surface area contributed by atoms with Crippen LogP contribution in [0.25, 0.3) is 0 Å². The molecule has 0 aliphatic carbocycles. The van der Waals surface area contributed by atoms with E-state index < -0.39 is 6.10 Å². The Balaban J connectivity index is 2.19. The molecule has 0 saturated carbocycles. The molecule has 3 nitrogen and oxygen atoms in total. The number of nitrogens with one attached hydrogen (secondary N) is 1. The quantitative estimate of drug-likeness (QED) is 0.733. The van der Waals surface area contributed by atoms with Crippen molar-refractivity contribution < 1.29 is 9.84 Å². The lowest BCUT2D eigenvalue weighted by molar-refractivity contribution is 0.0258. The first kappa shape index (κ1) is 16.6. The molecule has 0 spiro atoms. The summed E-state index contributed by atoms with van der Waals surface area (Å²) in [6.07, 6.45) is -0.433. The molecule has 1 aromatic rings. The van der Waals surface area contributed by atoms with Crippen LogP contribution in [0.2, 0.25) is 0 Å². The van der Waals surface area contributed by atoms with Crippen LogP contribution in [0.5, 0.6) is 0 Å². The van der Waals surface area contributed by atoms with Crippen molar-refractivity contribution in [1.29, 1.82) is 0 Å². The van der Waals surface area contributed by atoms with Crippen LogP contribution in [0, 0.1) is 5.92 Å². The summed E-state index contributed by atoms with van der Waals surface area (Å²) in [5, 5.41) is 15.2. The molecule has 0 aromatic carbocycles. The Morgan fingerprint density at radius 3 is 2.68 bits per heavy atom. The third-order valence-corrected chi connectivity index (χ3v) is 4.13.